The van der Waals surface area contributed by atoms with Gasteiger partial charge in [-0.2, -0.15) is 5.26 Å². The first kappa shape index (κ1) is 13.1. The monoisotopic (exact) mass is 234 g/mol. The van der Waals surface area contributed by atoms with E-state index < -0.39 is 0 Å². The molecule has 0 aliphatic rings. The van der Waals surface area contributed by atoms with Crippen LogP contribution in [0.4, 0.5) is 0 Å². The Kier molecular flexibility index (Phi) is 5.37. The molecule has 0 unspecified atom stereocenters. The topological polar surface area (TPSA) is 27.0 Å². The van der Waals surface area contributed by atoms with Crippen LogP contribution >= 0.6 is 11.8 Å². The van der Waals surface area contributed by atoms with Gasteiger partial charge in [0.2, 0.25) is 0 Å². The van der Waals surface area contributed by atoms with E-state index in [0.717, 1.165) is 6.54 Å². The second-order valence-electron chi connectivity index (χ2n) is 4.14. The smallest absolute Gasteiger partial charge is 0.0866 e. The maximum absolute atomic E-state index is 8.56. The number of hydrogen-bond acceptors (Lipinski definition) is 3. The van der Waals surface area contributed by atoms with Crippen LogP contribution in [-0.4, -0.2) is 23.7 Å². The Morgan fingerprint density at radius 1 is 1.31 bits per heavy atom. The van der Waals surface area contributed by atoms with Crippen molar-refractivity contribution in [1.29, 1.82) is 5.26 Å². The van der Waals surface area contributed by atoms with Crippen LogP contribution in [0.3, 0.4) is 0 Å². The highest BCUT2D eigenvalue weighted by molar-refractivity contribution is 7.99. The van der Waals surface area contributed by atoms with E-state index in [-0.39, 0.29) is 0 Å². The number of nitriles is 1. The molecule has 0 fully saturated rings. The van der Waals surface area contributed by atoms with Crippen LogP contribution in [0.2, 0.25) is 0 Å². The summed E-state index contributed by atoms with van der Waals surface area (Å²) in [4.78, 5) is 3.31. The molecule has 0 atom stereocenters. The molecule has 0 aromatic heterocycles. The fourth-order valence-corrected chi connectivity index (χ4v) is 2.27. The van der Waals surface area contributed by atoms with Gasteiger partial charge in [-0.3, -0.25) is 4.90 Å². The summed E-state index contributed by atoms with van der Waals surface area (Å²) in [5, 5.41) is 9.18. The molecule has 16 heavy (non-hydrogen) atoms. The van der Waals surface area contributed by atoms with Gasteiger partial charge in [-0.1, -0.05) is 26.0 Å². The number of nitrogens with zero attached hydrogens (tertiary/aromatic N) is 2. The second kappa shape index (κ2) is 6.57. The van der Waals surface area contributed by atoms with Gasteiger partial charge in [-0.15, -0.1) is 11.8 Å². The van der Waals surface area contributed by atoms with Gasteiger partial charge >= 0.3 is 0 Å². The standard InChI is InChI=1S/C13H18N2S/c1-11(2)16-13-6-4-12(5-7-13)10-15(3)9-8-14/h4-7,11H,9-10H2,1-3H3. The highest BCUT2D eigenvalue weighted by Gasteiger charge is 2.01. The summed E-state index contributed by atoms with van der Waals surface area (Å²) in [6.07, 6.45) is 0. The molecule has 1 rings (SSSR count). The molecule has 3 heteroatoms. The molecule has 86 valence electrons. The zero-order chi connectivity index (χ0) is 12.0. The average molecular weight is 234 g/mol. The summed E-state index contributed by atoms with van der Waals surface area (Å²) in [5.74, 6) is 0. The molecule has 0 saturated carbocycles. The third-order valence-corrected chi connectivity index (χ3v) is 3.10. The lowest BCUT2D eigenvalue weighted by Crippen LogP contribution is -2.17. The first-order valence-corrected chi connectivity index (χ1v) is 6.31. The second-order valence-corrected chi connectivity index (χ2v) is 5.79. The number of hydrogen-bond donors (Lipinski definition) is 0. The van der Waals surface area contributed by atoms with Crippen molar-refractivity contribution in [2.45, 2.75) is 30.5 Å². The van der Waals surface area contributed by atoms with E-state index >= 15 is 0 Å². The molecule has 0 aliphatic carbocycles. The van der Waals surface area contributed by atoms with E-state index in [2.05, 4.69) is 44.2 Å². The Morgan fingerprint density at radius 2 is 1.94 bits per heavy atom. The number of thioether (sulfide) groups is 1. The first-order valence-electron chi connectivity index (χ1n) is 5.43. The molecule has 2 nitrogen and oxygen atoms in total. The van der Waals surface area contributed by atoms with Crippen LogP contribution in [0.15, 0.2) is 29.2 Å². The van der Waals surface area contributed by atoms with Crippen molar-refractivity contribution in [2.24, 2.45) is 0 Å². The molecule has 0 saturated heterocycles. The van der Waals surface area contributed by atoms with Gasteiger partial charge in [0.1, 0.15) is 0 Å². The predicted molar refractivity (Wildman–Crippen MR) is 69.4 cm³/mol. The lowest BCUT2D eigenvalue weighted by atomic mass is 10.2. The van der Waals surface area contributed by atoms with Crippen LogP contribution in [0, 0.1) is 11.3 Å². The lowest BCUT2D eigenvalue weighted by molar-refractivity contribution is 0.367. The van der Waals surface area contributed by atoms with Crippen molar-refractivity contribution in [3.8, 4) is 6.07 Å². The van der Waals surface area contributed by atoms with Gasteiger partial charge in [0.05, 0.1) is 12.6 Å². The number of benzene rings is 1. The van der Waals surface area contributed by atoms with Crippen molar-refractivity contribution in [2.75, 3.05) is 13.6 Å². The molecular formula is C13H18N2S. The Bertz CT molecular complexity index is 351. The first-order chi connectivity index (χ1) is 7.61. The molecule has 1 aromatic carbocycles. The molecule has 0 heterocycles. The average Bonchev–Trinajstić information content (AvgIpc) is 2.20. The summed E-state index contributed by atoms with van der Waals surface area (Å²) in [6, 6.07) is 10.7. The molecule has 1 aromatic rings. The van der Waals surface area contributed by atoms with E-state index in [1.54, 1.807) is 0 Å². The van der Waals surface area contributed by atoms with Crippen molar-refractivity contribution in [3.63, 3.8) is 0 Å². The quantitative estimate of drug-likeness (QED) is 0.578. The molecule has 0 spiro atoms. The zero-order valence-electron chi connectivity index (χ0n) is 10.1. The molecule has 0 radical (unpaired) electrons. The Labute approximate surface area is 102 Å². The summed E-state index contributed by atoms with van der Waals surface area (Å²) in [5.41, 5.74) is 1.26. The van der Waals surface area contributed by atoms with Gasteiger partial charge in [0.25, 0.3) is 0 Å². The Morgan fingerprint density at radius 3 is 2.44 bits per heavy atom. The summed E-state index contributed by atoms with van der Waals surface area (Å²) >= 11 is 1.87. The lowest BCUT2D eigenvalue weighted by Gasteiger charge is -2.12. The zero-order valence-corrected chi connectivity index (χ0v) is 10.9. The number of rotatable bonds is 5. The third-order valence-electron chi connectivity index (χ3n) is 2.09. The molecule has 0 bridgehead atoms. The van der Waals surface area contributed by atoms with Crippen molar-refractivity contribution < 1.29 is 0 Å². The minimum atomic E-state index is 0.475. The van der Waals surface area contributed by atoms with Crippen LogP contribution in [0.25, 0.3) is 0 Å². The summed E-state index contributed by atoms with van der Waals surface area (Å²) < 4.78 is 0. The maximum atomic E-state index is 8.56. The van der Waals surface area contributed by atoms with Crippen molar-refractivity contribution in [3.05, 3.63) is 29.8 Å². The fourth-order valence-electron chi connectivity index (χ4n) is 1.43. The predicted octanol–water partition coefficient (Wildman–Crippen LogP) is 3.14. The van der Waals surface area contributed by atoms with Gasteiger partial charge in [0.15, 0.2) is 0 Å². The van der Waals surface area contributed by atoms with Gasteiger partial charge in [0, 0.05) is 16.7 Å². The van der Waals surface area contributed by atoms with E-state index in [4.69, 9.17) is 5.26 Å². The molecule has 0 amide bonds. The molecular weight excluding hydrogens is 216 g/mol. The SMILES string of the molecule is CC(C)Sc1ccc(CN(C)CC#N)cc1. The normalized spacial score (nSPS) is 10.8. The van der Waals surface area contributed by atoms with Gasteiger partial charge in [-0.05, 0) is 24.7 Å². The fraction of sp³-hybridized carbons (Fsp3) is 0.462. The summed E-state index contributed by atoms with van der Waals surface area (Å²) in [7, 11) is 1.96. The molecule has 0 N–H and O–H groups in total. The maximum Gasteiger partial charge on any atom is 0.0866 e. The van der Waals surface area contributed by atoms with E-state index in [9.17, 15) is 0 Å². The van der Waals surface area contributed by atoms with Crippen LogP contribution in [-0.2, 0) is 6.54 Å². The highest BCUT2D eigenvalue weighted by atomic mass is 32.2. The van der Waals surface area contributed by atoms with Crippen LogP contribution in [0.5, 0.6) is 0 Å². The largest absolute Gasteiger partial charge is 0.289 e. The van der Waals surface area contributed by atoms with E-state index in [1.807, 2.05) is 23.7 Å². The van der Waals surface area contributed by atoms with E-state index in [0.29, 0.717) is 11.8 Å². The van der Waals surface area contributed by atoms with E-state index in [1.165, 1.54) is 10.5 Å². The van der Waals surface area contributed by atoms with Crippen molar-refractivity contribution in [1.82, 2.24) is 4.90 Å². The minimum absolute atomic E-state index is 0.475. The van der Waals surface area contributed by atoms with Crippen LogP contribution in [0.1, 0.15) is 19.4 Å². The Hall–Kier alpha value is -0.980. The van der Waals surface area contributed by atoms with Gasteiger partial charge < -0.3 is 0 Å². The minimum Gasteiger partial charge on any atom is -0.289 e. The third kappa shape index (κ3) is 4.69. The Balaban J connectivity index is 2.55. The highest BCUT2D eigenvalue weighted by Crippen LogP contribution is 2.23. The molecule has 0 aliphatic heterocycles. The summed E-state index contributed by atoms with van der Waals surface area (Å²) in [6.45, 7) is 5.70. The van der Waals surface area contributed by atoms with Gasteiger partial charge in [-0.25, -0.2) is 0 Å². The van der Waals surface area contributed by atoms with Crippen molar-refractivity contribution >= 4 is 11.8 Å². The van der Waals surface area contributed by atoms with Crippen LogP contribution < -0.4 is 0 Å².